The first kappa shape index (κ1) is 14.1. The van der Waals surface area contributed by atoms with Crippen LogP contribution >= 0.6 is 0 Å². The molecular weight excluding hydrogens is 283 g/mol. The van der Waals surface area contributed by atoms with Crippen molar-refractivity contribution in [3.05, 3.63) is 29.3 Å². The van der Waals surface area contributed by atoms with Gasteiger partial charge in [-0.1, -0.05) is 6.07 Å². The van der Waals surface area contributed by atoms with Crippen molar-refractivity contribution in [1.29, 1.82) is 0 Å². The van der Waals surface area contributed by atoms with Crippen LogP contribution in [0.3, 0.4) is 0 Å². The number of hydrogen-bond donors (Lipinski definition) is 1. The number of ether oxygens (including phenoxy) is 1. The number of fused-ring (bicyclic) bond motifs is 1. The van der Waals surface area contributed by atoms with Gasteiger partial charge in [-0.3, -0.25) is 0 Å². The third kappa shape index (κ3) is 3.38. The van der Waals surface area contributed by atoms with Crippen LogP contribution in [0.1, 0.15) is 23.5 Å². The van der Waals surface area contributed by atoms with E-state index in [0.29, 0.717) is 12.0 Å². The number of benzene rings is 1. The lowest BCUT2D eigenvalue weighted by molar-refractivity contribution is -0.137. The molecule has 106 valence electrons. The maximum Gasteiger partial charge on any atom is 0.416 e. The zero-order chi connectivity index (χ0) is 14.3. The van der Waals surface area contributed by atoms with E-state index in [4.69, 9.17) is 9.88 Å². The van der Waals surface area contributed by atoms with Gasteiger partial charge in [-0.05, 0) is 24.1 Å². The molecule has 19 heavy (non-hydrogen) atoms. The molecule has 0 aliphatic carbocycles. The molecule has 4 nitrogen and oxygen atoms in total. The van der Waals surface area contributed by atoms with E-state index in [-0.39, 0.29) is 18.1 Å². The van der Waals surface area contributed by atoms with Crippen LogP contribution in [0, 0.1) is 0 Å². The standard InChI is InChI=1S/C11H12F3NO3S/c12-11(13,14)8-1-2-9-7(6-19(15,16)17)3-4-18-10(9)5-8/h1-2,5,7H,3-4,6H2,(H2,15,16,17)/t7-/m0/s1. The highest BCUT2D eigenvalue weighted by atomic mass is 32.2. The molecular formula is C11H12F3NO3S. The zero-order valence-electron chi connectivity index (χ0n) is 9.77. The van der Waals surface area contributed by atoms with Gasteiger partial charge in [0.1, 0.15) is 5.75 Å². The second-order valence-electron chi connectivity index (χ2n) is 4.41. The van der Waals surface area contributed by atoms with E-state index in [1.165, 1.54) is 6.07 Å². The minimum absolute atomic E-state index is 0.0784. The average Bonchev–Trinajstić information content (AvgIpc) is 2.25. The van der Waals surface area contributed by atoms with Crippen molar-refractivity contribution in [2.75, 3.05) is 12.4 Å². The number of rotatable bonds is 2. The molecule has 0 bridgehead atoms. The molecule has 0 fully saturated rings. The van der Waals surface area contributed by atoms with Gasteiger partial charge < -0.3 is 4.74 Å². The van der Waals surface area contributed by atoms with Crippen LogP contribution in [0.25, 0.3) is 0 Å². The van der Waals surface area contributed by atoms with Gasteiger partial charge in [0.25, 0.3) is 0 Å². The lowest BCUT2D eigenvalue weighted by atomic mass is 9.94. The van der Waals surface area contributed by atoms with Crippen molar-refractivity contribution >= 4 is 10.0 Å². The molecule has 0 amide bonds. The van der Waals surface area contributed by atoms with Gasteiger partial charge in [0, 0.05) is 5.92 Å². The molecule has 1 aliphatic rings. The zero-order valence-corrected chi connectivity index (χ0v) is 10.6. The summed E-state index contributed by atoms with van der Waals surface area (Å²) in [6.07, 6.45) is -4.04. The number of halogens is 3. The monoisotopic (exact) mass is 295 g/mol. The molecule has 2 rings (SSSR count). The van der Waals surface area contributed by atoms with Crippen molar-refractivity contribution in [1.82, 2.24) is 0 Å². The quantitative estimate of drug-likeness (QED) is 0.905. The molecule has 2 N–H and O–H groups in total. The van der Waals surface area contributed by atoms with Gasteiger partial charge in [0.2, 0.25) is 10.0 Å². The van der Waals surface area contributed by atoms with Crippen molar-refractivity contribution < 1.29 is 26.3 Å². The molecule has 1 aliphatic heterocycles. The summed E-state index contributed by atoms with van der Waals surface area (Å²) in [4.78, 5) is 0. The normalized spacial score (nSPS) is 19.7. The summed E-state index contributed by atoms with van der Waals surface area (Å²) in [5.41, 5.74) is -0.365. The maximum absolute atomic E-state index is 12.6. The number of nitrogens with two attached hydrogens (primary N) is 1. The van der Waals surface area contributed by atoms with Crippen LogP contribution in [-0.2, 0) is 16.2 Å². The highest BCUT2D eigenvalue weighted by molar-refractivity contribution is 7.89. The summed E-state index contributed by atoms with van der Waals surface area (Å²) >= 11 is 0. The average molecular weight is 295 g/mol. The highest BCUT2D eigenvalue weighted by Gasteiger charge is 2.33. The van der Waals surface area contributed by atoms with E-state index in [1.54, 1.807) is 0 Å². The second kappa shape index (κ2) is 4.68. The van der Waals surface area contributed by atoms with Crippen LogP contribution in [0.15, 0.2) is 18.2 Å². The third-order valence-electron chi connectivity index (χ3n) is 2.94. The predicted octanol–water partition coefficient (Wildman–Crippen LogP) is 1.86. The Morgan fingerprint density at radius 2 is 2.05 bits per heavy atom. The van der Waals surface area contributed by atoms with E-state index in [2.05, 4.69) is 0 Å². The predicted molar refractivity (Wildman–Crippen MR) is 62.3 cm³/mol. The fraction of sp³-hybridized carbons (Fsp3) is 0.455. The van der Waals surface area contributed by atoms with Gasteiger partial charge >= 0.3 is 6.18 Å². The van der Waals surface area contributed by atoms with E-state index in [1.807, 2.05) is 0 Å². The molecule has 0 unspecified atom stereocenters. The lowest BCUT2D eigenvalue weighted by Crippen LogP contribution is -2.26. The van der Waals surface area contributed by atoms with E-state index < -0.39 is 27.7 Å². The summed E-state index contributed by atoms with van der Waals surface area (Å²) in [6.45, 7) is 0.175. The van der Waals surface area contributed by atoms with Gasteiger partial charge in [-0.25, -0.2) is 13.6 Å². The fourth-order valence-corrected chi connectivity index (χ4v) is 3.00. The number of alkyl halides is 3. The largest absolute Gasteiger partial charge is 0.493 e. The van der Waals surface area contributed by atoms with Gasteiger partial charge in [-0.2, -0.15) is 13.2 Å². The molecule has 0 saturated carbocycles. The summed E-state index contributed by atoms with van der Waals surface area (Å²) in [5.74, 6) is -0.648. The summed E-state index contributed by atoms with van der Waals surface area (Å²) in [6, 6.07) is 3.07. The SMILES string of the molecule is NS(=O)(=O)C[C@@H]1CCOc2cc(C(F)(F)F)ccc21. The molecule has 0 aromatic heterocycles. The molecule has 1 aromatic rings. The second-order valence-corrected chi connectivity index (χ2v) is 6.07. The minimum Gasteiger partial charge on any atom is -0.493 e. The smallest absolute Gasteiger partial charge is 0.416 e. The van der Waals surface area contributed by atoms with Crippen molar-refractivity contribution in [3.8, 4) is 5.75 Å². The first-order valence-electron chi connectivity index (χ1n) is 5.51. The summed E-state index contributed by atoms with van der Waals surface area (Å²) in [7, 11) is -3.68. The Morgan fingerprint density at radius 3 is 2.63 bits per heavy atom. The van der Waals surface area contributed by atoms with E-state index in [0.717, 1.165) is 12.1 Å². The van der Waals surface area contributed by atoms with Crippen LogP contribution in [-0.4, -0.2) is 20.8 Å². The van der Waals surface area contributed by atoms with E-state index in [9.17, 15) is 21.6 Å². The minimum atomic E-state index is -4.45. The highest BCUT2D eigenvalue weighted by Crippen LogP contribution is 2.39. The Balaban J connectivity index is 2.36. The maximum atomic E-state index is 12.6. The van der Waals surface area contributed by atoms with Crippen LogP contribution in [0.5, 0.6) is 5.75 Å². The molecule has 1 atom stereocenters. The third-order valence-corrected chi connectivity index (χ3v) is 3.81. The van der Waals surface area contributed by atoms with E-state index >= 15 is 0 Å². The van der Waals surface area contributed by atoms with Crippen molar-refractivity contribution in [2.24, 2.45) is 5.14 Å². The molecule has 1 heterocycles. The lowest BCUT2D eigenvalue weighted by Gasteiger charge is -2.26. The van der Waals surface area contributed by atoms with Crippen LogP contribution in [0.2, 0.25) is 0 Å². The molecule has 0 spiro atoms. The topological polar surface area (TPSA) is 69.4 Å². The molecule has 0 radical (unpaired) electrons. The van der Waals surface area contributed by atoms with Crippen molar-refractivity contribution in [3.63, 3.8) is 0 Å². The first-order chi connectivity index (χ1) is 8.67. The Morgan fingerprint density at radius 1 is 1.37 bits per heavy atom. The fourth-order valence-electron chi connectivity index (χ4n) is 2.09. The number of sulfonamides is 1. The summed E-state index contributed by atoms with van der Waals surface area (Å²) < 4.78 is 65.0. The number of hydrogen-bond acceptors (Lipinski definition) is 3. The molecule has 0 saturated heterocycles. The Labute approximate surface area is 108 Å². The Bertz CT molecular complexity index is 583. The van der Waals surface area contributed by atoms with Crippen LogP contribution < -0.4 is 9.88 Å². The Kier molecular flexibility index (Phi) is 3.48. The molecule has 8 heteroatoms. The van der Waals surface area contributed by atoms with Gasteiger partial charge in [-0.15, -0.1) is 0 Å². The first-order valence-corrected chi connectivity index (χ1v) is 7.23. The van der Waals surface area contributed by atoms with Crippen LogP contribution in [0.4, 0.5) is 13.2 Å². The number of primary sulfonamides is 1. The summed E-state index contributed by atoms with van der Waals surface area (Å²) in [5, 5.41) is 4.97. The van der Waals surface area contributed by atoms with Gasteiger partial charge in [0.05, 0.1) is 17.9 Å². The Hall–Kier alpha value is -1.28. The van der Waals surface area contributed by atoms with Gasteiger partial charge in [0.15, 0.2) is 0 Å². The van der Waals surface area contributed by atoms with Crippen molar-refractivity contribution in [2.45, 2.75) is 18.5 Å². The molecule has 1 aromatic carbocycles.